The number of hydrogen-bond acceptors (Lipinski definition) is 6. The van der Waals surface area contributed by atoms with Crippen molar-refractivity contribution in [1.29, 1.82) is 0 Å². The molecule has 3 aromatic carbocycles. The Bertz CT molecular complexity index is 1030. The Hall–Kier alpha value is -3.87. The smallest absolute Gasteiger partial charge is 0.259 e. The number of rotatable bonds is 10. The highest BCUT2D eigenvalue weighted by atomic mass is 16.5. The Morgan fingerprint density at radius 1 is 0.719 bits per heavy atom. The lowest BCUT2D eigenvalue weighted by atomic mass is 10.1. The molecule has 168 valence electrons. The van der Waals surface area contributed by atoms with Crippen molar-refractivity contribution >= 4 is 5.91 Å². The molecule has 0 aliphatic rings. The number of amides is 1. The summed E-state index contributed by atoms with van der Waals surface area (Å²) >= 11 is 0. The Morgan fingerprint density at radius 3 is 1.97 bits per heavy atom. The van der Waals surface area contributed by atoms with Crippen molar-refractivity contribution in [3.8, 4) is 28.7 Å². The zero-order chi connectivity index (χ0) is 22.9. The fourth-order valence-corrected chi connectivity index (χ4v) is 3.18. The number of hydrogen-bond donors (Lipinski definition) is 1. The Morgan fingerprint density at radius 2 is 1.38 bits per heavy atom. The van der Waals surface area contributed by atoms with Crippen LogP contribution in [0.3, 0.4) is 0 Å². The van der Waals surface area contributed by atoms with Gasteiger partial charge in [-0.15, -0.1) is 0 Å². The molecule has 3 rings (SSSR count). The lowest BCUT2D eigenvalue weighted by molar-refractivity contribution is 0.0944. The number of methoxy groups -OCH3 is 4. The van der Waals surface area contributed by atoms with Crippen LogP contribution in [0, 0.1) is 0 Å². The first kappa shape index (κ1) is 22.8. The predicted octanol–water partition coefficient (Wildman–Crippen LogP) is 4.23. The predicted molar refractivity (Wildman–Crippen MR) is 121 cm³/mol. The summed E-state index contributed by atoms with van der Waals surface area (Å²) in [5.41, 5.74) is 2.22. The molecule has 0 bridgehead atoms. The normalized spacial score (nSPS) is 10.2. The van der Waals surface area contributed by atoms with E-state index < -0.39 is 0 Å². The standard InChI is InChI=1S/C25H27NO6/c1-28-19-13-22(30-3)24(23(14-19)31-4)25(27)26-15-18-10-11-20(21(12-18)29-2)32-16-17-8-6-5-7-9-17/h5-14H,15-16H2,1-4H3,(H,26,27). The Labute approximate surface area is 187 Å². The van der Waals surface area contributed by atoms with Crippen molar-refractivity contribution in [1.82, 2.24) is 5.32 Å². The third-order valence-electron chi connectivity index (χ3n) is 4.86. The van der Waals surface area contributed by atoms with Gasteiger partial charge in [0.1, 0.15) is 29.4 Å². The van der Waals surface area contributed by atoms with E-state index in [1.807, 2.05) is 48.5 Å². The lowest BCUT2D eigenvalue weighted by Crippen LogP contribution is -2.24. The number of carbonyl (C=O) groups is 1. The van der Waals surface area contributed by atoms with Crippen LogP contribution in [0.25, 0.3) is 0 Å². The van der Waals surface area contributed by atoms with Crippen molar-refractivity contribution < 1.29 is 28.5 Å². The first-order chi connectivity index (χ1) is 15.6. The summed E-state index contributed by atoms with van der Waals surface area (Å²) in [6.07, 6.45) is 0. The van der Waals surface area contributed by atoms with Crippen LogP contribution in [0.1, 0.15) is 21.5 Å². The summed E-state index contributed by atoms with van der Waals surface area (Å²) in [5.74, 6) is 2.15. The van der Waals surface area contributed by atoms with Crippen LogP contribution in [0.4, 0.5) is 0 Å². The molecule has 0 heterocycles. The molecule has 0 aliphatic heterocycles. The lowest BCUT2D eigenvalue weighted by Gasteiger charge is -2.15. The van der Waals surface area contributed by atoms with E-state index in [2.05, 4.69) is 5.32 Å². The van der Waals surface area contributed by atoms with Crippen LogP contribution in [0.5, 0.6) is 28.7 Å². The molecule has 0 aromatic heterocycles. The second kappa shape index (κ2) is 10.9. The van der Waals surface area contributed by atoms with E-state index in [4.69, 9.17) is 23.7 Å². The zero-order valence-corrected chi connectivity index (χ0v) is 18.6. The van der Waals surface area contributed by atoms with Gasteiger partial charge in [0.15, 0.2) is 11.5 Å². The number of carbonyl (C=O) groups excluding carboxylic acids is 1. The van der Waals surface area contributed by atoms with Crippen LogP contribution in [0.15, 0.2) is 60.7 Å². The largest absolute Gasteiger partial charge is 0.496 e. The molecule has 0 spiro atoms. The third kappa shape index (κ3) is 5.43. The van der Waals surface area contributed by atoms with Gasteiger partial charge in [-0.1, -0.05) is 36.4 Å². The maximum Gasteiger partial charge on any atom is 0.259 e. The second-order valence-corrected chi connectivity index (χ2v) is 6.85. The topological polar surface area (TPSA) is 75.3 Å². The summed E-state index contributed by atoms with van der Waals surface area (Å²) < 4.78 is 27.3. The molecule has 0 unspecified atom stereocenters. The summed E-state index contributed by atoms with van der Waals surface area (Å²) in [6, 6.07) is 18.7. The maximum atomic E-state index is 12.9. The summed E-state index contributed by atoms with van der Waals surface area (Å²) in [4.78, 5) is 12.9. The molecule has 1 N–H and O–H groups in total. The van der Waals surface area contributed by atoms with E-state index in [1.165, 1.54) is 21.3 Å². The molecule has 0 aliphatic carbocycles. The van der Waals surface area contributed by atoms with Gasteiger partial charge in [-0.2, -0.15) is 0 Å². The second-order valence-electron chi connectivity index (χ2n) is 6.85. The van der Waals surface area contributed by atoms with Crippen molar-refractivity contribution in [3.63, 3.8) is 0 Å². The molecule has 32 heavy (non-hydrogen) atoms. The van der Waals surface area contributed by atoms with Crippen LogP contribution in [-0.2, 0) is 13.2 Å². The molecule has 0 radical (unpaired) electrons. The molecule has 7 nitrogen and oxygen atoms in total. The number of nitrogens with one attached hydrogen (secondary N) is 1. The monoisotopic (exact) mass is 437 g/mol. The van der Waals surface area contributed by atoms with Crippen molar-refractivity contribution in [3.05, 3.63) is 77.4 Å². The van der Waals surface area contributed by atoms with Gasteiger partial charge < -0.3 is 29.0 Å². The van der Waals surface area contributed by atoms with Gasteiger partial charge >= 0.3 is 0 Å². The molecule has 0 saturated carbocycles. The molecule has 0 saturated heterocycles. The van der Waals surface area contributed by atoms with Crippen LogP contribution in [0.2, 0.25) is 0 Å². The van der Waals surface area contributed by atoms with E-state index in [0.29, 0.717) is 40.9 Å². The fourth-order valence-electron chi connectivity index (χ4n) is 3.18. The number of ether oxygens (including phenoxy) is 5. The highest BCUT2D eigenvalue weighted by molar-refractivity contribution is 6.00. The molecule has 1 amide bonds. The highest BCUT2D eigenvalue weighted by Gasteiger charge is 2.20. The van der Waals surface area contributed by atoms with Gasteiger partial charge in [-0.25, -0.2) is 0 Å². The average Bonchev–Trinajstić information content (AvgIpc) is 2.85. The van der Waals surface area contributed by atoms with E-state index in [1.54, 1.807) is 19.2 Å². The van der Waals surface area contributed by atoms with Gasteiger partial charge in [-0.3, -0.25) is 4.79 Å². The van der Waals surface area contributed by atoms with Crippen LogP contribution in [-0.4, -0.2) is 34.3 Å². The minimum absolute atomic E-state index is 0.284. The first-order valence-corrected chi connectivity index (χ1v) is 10.0. The van der Waals surface area contributed by atoms with Crippen molar-refractivity contribution in [2.45, 2.75) is 13.2 Å². The quantitative estimate of drug-likeness (QED) is 0.512. The minimum atomic E-state index is -0.329. The third-order valence-corrected chi connectivity index (χ3v) is 4.86. The fraction of sp³-hybridized carbons (Fsp3) is 0.240. The minimum Gasteiger partial charge on any atom is -0.496 e. The van der Waals surface area contributed by atoms with Gasteiger partial charge in [0.25, 0.3) is 5.91 Å². The van der Waals surface area contributed by atoms with Crippen LogP contribution < -0.4 is 29.0 Å². The zero-order valence-electron chi connectivity index (χ0n) is 18.6. The summed E-state index contributed by atoms with van der Waals surface area (Å²) in [6.45, 7) is 0.719. The van der Waals surface area contributed by atoms with E-state index in [9.17, 15) is 4.79 Å². The SMILES string of the molecule is COc1cc(OC)c(C(=O)NCc2ccc(OCc3ccccc3)c(OC)c2)c(OC)c1. The van der Waals surface area contributed by atoms with E-state index in [0.717, 1.165) is 11.1 Å². The average molecular weight is 437 g/mol. The van der Waals surface area contributed by atoms with Crippen LogP contribution >= 0.6 is 0 Å². The van der Waals surface area contributed by atoms with Crippen molar-refractivity contribution in [2.75, 3.05) is 28.4 Å². The Kier molecular flexibility index (Phi) is 7.80. The van der Waals surface area contributed by atoms with Crippen molar-refractivity contribution in [2.24, 2.45) is 0 Å². The van der Waals surface area contributed by atoms with Gasteiger partial charge in [0.05, 0.1) is 28.4 Å². The highest BCUT2D eigenvalue weighted by Crippen LogP contribution is 2.34. The Balaban J connectivity index is 1.71. The maximum absolute atomic E-state index is 12.9. The van der Waals surface area contributed by atoms with Gasteiger partial charge in [-0.05, 0) is 23.3 Å². The van der Waals surface area contributed by atoms with Gasteiger partial charge in [0, 0.05) is 18.7 Å². The first-order valence-electron chi connectivity index (χ1n) is 10.0. The molecule has 0 fully saturated rings. The van der Waals surface area contributed by atoms with E-state index >= 15 is 0 Å². The summed E-state index contributed by atoms with van der Waals surface area (Å²) in [5, 5.41) is 2.89. The van der Waals surface area contributed by atoms with E-state index in [-0.39, 0.29) is 12.5 Å². The molecule has 7 heteroatoms. The number of benzene rings is 3. The molecule has 3 aromatic rings. The summed E-state index contributed by atoms with van der Waals surface area (Å²) in [7, 11) is 6.10. The molecular weight excluding hydrogens is 410 g/mol. The molecular formula is C25H27NO6. The van der Waals surface area contributed by atoms with Gasteiger partial charge in [0.2, 0.25) is 0 Å². The molecule has 0 atom stereocenters.